The van der Waals surface area contributed by atoms with Crippen LogP contribution < -0.4 is 15.4 Å². The molecule has 0 saturated heterocycles. The Morgan fingerprint density at radius 2 is 2.04 bits per heavy atom. The van der Waals surface area contributed by atoms with Gasteiger partial charge in [-0.25, -0.2) is 4.98 Å². The Morgan fingerprint density at radius 3 is 2.81 bits per heavy atom. The zero-order valence-electron chi connectivity index (χ0n) is 15.6. The highest BCUT2D eigenvalue weighted by Crippen LogP contribution is 2.17. The summed E-state index contributed by atoms with van der Waals surface area (Å²) < 4.78 is 5.39. The SMILES string of the molecule is CN=C(NCCc1ccccc1OC)NCc1cccc(-c2ncn[nH]2)c1. The van der Waals surface area contributed by atoms with Crippen molar-refractivity contribution in [2.45, 2.75) is 13.0 Å². The Bertz CT molecular complexity index is 876. The lowest BCUT2D eigenvalue weighted by molar-refractivity contribution is 0.409. The van der Waals surface area contributed by atoms with Crippen LogP contribution >= 0.6 is 0 Å². The number of methoxy groups -OCH3 is 1. The summed E-state index contributed by atoms with van der Waals surface area (Å²) in [5.74, 6) is 2.43. The van der Waals surface area contributed by atoms with Crippen molar-refractivity contribution in [2.24, 2.45) is 4.99 Å². The molecule has 0 atom stereocenters. The van der Waals surface area contributed by atoms with Gasteiger partial charge in [-0.2, -0.15) is 5.10 Å². The summed E-state index contributed by atoms with van der Waals surface area (Å²) in [6.07, 6.45) is 2.36. The second-order valence-corrected chi connectivity index (χ2v) is 5.95. The van der Waals surface area contributed by atoms with Gasteiger partial charge in [0, 0.05) is 25.7 Å². The van der Waals surface area contributed by atoms with Crippen LogP contribution in [-0.4, -0.2) is 41.8 Å². The van der Waals surface area contributed by atoms with Crippen LogP contribution in [0.15, 0.2) is 59.9 Å². The van der Waals surface area contributed by atoms with E-state index in [1.54, 1.807) is 14.2 Å². The number of aromatic nitrogens is 3. The van der Waals surface area contributed by atoms with E-state index in [4.69, 9.17) is 4.74 Å². The highest BCUT2D eigenvalue weighted by atomic mass is 16.5. The topological polar surface area (TPSA) is 87.2 Å². The molecule has 27 heavy (non-hydrogen) atoms. The number of rotatable bonds is 7. The summed E-state index contributed by atoms with van der Waals surface area (Å²) in [5.41, 5.74) is 3.31. The van der Waals surface area contributed by atoms with Crippen LogP contribution in [0.25, 0.3) is 11.4 Å². The number of nitrogens with zero attached hydrogens (tertiary/aromatic N) is 3. The highest BCUT2D eigenvalue weighted by Gasteiger charge is 2.04. The average Bonchev–Trinajstić information content (AvgIpc) is 3.26. The summed E-state index contributed by atoms with van der Waals surface area (Å²) in [4.78, 5) is 8.47. The number of ether oxygens (including phenoxy) is 1. The van der Waals surface area contributed by atoms with Crippen molar-refractivity contribution < 1.29 is 4.74 Å². The van der Waals surface area contributed by atoms with Crippen LogP contribution in [-0.2, 0) is 13.0 Å². The Kier molecular flexibility index (Phi) is 6.40. The van der Waals surface area contributed by atoms with Crippen molar-refractivity contribution in [1.29, 1.82) is 0 Å². The maximum absolute atomic E-state index is 5.39. The molecule has 7 nitrogen and oxygen atoms in total. The lowest BCUT2D eigenvalue weighted by Crippen LogP contribution is -2.37. The van der Waals surface area contributed by atoms with Gasteiger partial charge in [0.05, 0.1) is 7.11 Å². The third-order valence-corrected chi connectivity index (χ3v) is 4.18. The Balaban J connectivity index is 1.52. The summed E-state index contributed by atoms with van der Waals surface area (Å²) in [5, 5.41) is 13.4. The van der Waals surface area contributed by atoms with Gasteiger partial charge in [0.2, 0.25) is 0 Å². The monoisotopic (exact) mass is 364 g/mol. The predicted molar refractivity (Wildman–Crippen MR) is 107 cm³/mol. The first-order valence-electron chi connectivity index (χ1n) is 8.81. The molecule has 0 fully saturated rings. The second kappa shape index (κ2) is 9.38. The second-order valence-electron chi connectivity index (χ2n) is 5.95. The van der Waals surface area contributed by atoms with E-state index in [2.05, 4.69) is 49.0 Å². The Labute approximate surface area is 158 Å². The number of benzene rings is 2. The van der Waals surface area contributed by atoms with Crippen molar-refractivity contribution in [3.63, 3.8) is 0 Å². The minimum Gasteiger partial charge on any atom is -0.496 e. The fourth-order valence-electron chi connectivity index (χ4n) is 2.80. The number of guanidine groups is 1. The summed E-state index contributed by atoms with van der Waals surface area (Å²) in [6, 6.07) is 16.2. The van der Waals surface area contributed by atoms with Crippen molar-refractivity contribution in [3.8, 4) is 17.1 Å². The van der Waals surface area contributed by atoms with Gasteiger partial charge in [0.15, 0.2) is 11.8 Å². The van der Waals surface area contributed by atoms with Crippen molar-refractivity contribution in [2.75, 3.05) is 20.7 Å². The molecule has 0 bridgehead atoms. The molecule has 0 spiro atoms. The summed E-state index contributed by atoms with van der Waals surface area (Å²) >= 11 is 0. The summed E-state index contributed by atoms with van der Waals surface area (Å²) in [6.45, 7) is 1.43. The standard InChI is InChI=1S/C20H24N6O/c1-21-20(22-11-10-16-7-3-4-9-18(16)27-2)23-13-15-6-5-8-17(12-15)19-24-14-25-26-19/h3-9,12,14H,10-11,13H2,1-2H3,(H2,21,22,23)(H,24,25,26). The Morgan fingerprint density at radius 1 is 1.15 bits per heavy atom. The maximum atomic E-state index is 5.39. The molecule has 0 saturated carbocycles. The fraction of sp³-hybridized carbons (Fsp3) is 0.250. The van der Waals surface area contributed by atoms with Gasteiger partial charge < -0.3 is 15.4 Å². The zero-order chi connectivity index (χ0) is 18.9. The van der Waals surface area contributed by atoms with Crippen LogP contribution in [0.3, 0.4) is 0 Å². The van der Waals surface area contributed by atoms with Gasteiger partial charge in [0.25, 0.3) is 0 Å². The largest absolute Gasteiger partial charge is 0.496 e. The predicted octanol–water partition coefficient (Wildman–Crippen LogP) is 2.39. The summed E-state index contributed by atoms with van der Waals surface area (Å²) in [7, 11) is 3.46. The molecule has 7 heteroatoms. The van der Waals surface area contributed by atoms with E-state index in [1.807, 2.05) is 30.3 Å². The van der Waals surface area contributed by atoms with E-state index in [0.717, 1.165) is 41.6 Å². The maximum Gasteiger partial charge on any atom is 0.191 e. The van der Waals surface area contributed by atoms with Crippen LogP contribution in [0.4, 0.5) is 0 Å². The number of para-hydroxylation sites is 1. The number of H-pyrrole nitrogens is 1. The normalized spacial score (nSPS) is 11.3. The van der Waals surface area contributed by atoms with Crippen molar-refractivity contribution in [3.05, 3.63) is 66.0 Å². The van der Waals surface area contributed by atoms with Gasteiger partial charge >= 0.3 is 0 Å². The number of aromatic amines is 1. The third kappa shape index (κ3) is 5.07. The first-order valence-corrected chi connectivity index (χ1v) is 8.81. The lowest BCUT2D eigenvalue weighted by atomic mass is 10.1. The van der Waals surface area contributed by atoms with Gasteiger partial charge in [-0.3, -0.25) is 10.1 Å². The fourth-order valence-corrected chi connectivity index (χ4v) is 2.80. The van der Waals surface area contributed by atoms with Gasteiger partial charge in [0.1, 0.15) is 12.1 Å². The van der Waals surface area contributed by atoms with Crippen LogP contribution in [0.5, 0.6) is 5.75 Å². The number of hydrogen-bond acceptors (Lipinski definition) is 4. The third-order valence-electron chi connectivity index (χ3n) is 4.18. The molecule has 0 unspecified atom stereocenters. The minimum absolute atomic E-state index is 0.663. The van der Waals surface area contributed by atoms with E-state index < -0.39 is 0 Å². The smallest absolute Gasteiger partial charge is 0.191 e. The highest BCUT2D eigenvalue weighted by molar-refractivity contribution is 5.79. The first-order chi connectivity index (χ1) is 13.3. The number of aliphatic imine (C=N–C) groups is 1. The molecule has 0 aliphatic carbocycles. The van der Waals surface area contributed by atoms with Crippen LogP contribution in [0.2, 0.25) is 0 Å². The first kappa shape index (κ1) is 18.4. The zero-order valence-corrected chi connectivity index (χ0v) is 15.6. The molecule has 1 heterocycles. The molecular formula is C20H24N6O. The number of nitrogens with one attached hydrogen (secondary N) is 3. The minimum atomic E-state index is 0.663. The van der Waals surface area contributed by atoms with Crippen LogP contribution in [0.1, 0.15) is 11.1 Å². The molecule has 3 rings (SSSR count). The van der Waals surface area contributed by atoms with E-state index in [1.165, 1.54) is 11.9 Å². The number of hydrogen-bond donors (Lipinski definition) is 3. The van der Waals surface area contributed by atoms with Crippen molar-refractivity contribution >= 4 is 5.96 Å². The van der Waals surface area contributed by atoms with E-state index >= 15 is 0 Å². The molecule has 1 aromatic heterocycles. The molecule has 3 N–H and O–H groups in total. The van der Waals surface area contributed by atoms with Crippen molar-refractivity contribution in [1.82, 2.24) is 25.8 Å². The van der Waals surface area contributed by atoms with E-state index in [-0.39, 0.29) is 0 Å². The van der Waals surface area contributed by atoms with E-state index in [9.17, 15) is 0 Å². The average molecular weight is 364 g/mol. The quantitative estimate of drug-likeness (QED) is 0.443. The molecular weight excluding hydrogens is 340 g/mol. The lowest BCUT2D eigenvalue weighted by Gasteiger charge is -2.13. The molecule has 0 aliphatic rings. The molecule has 0 radical (unpaired) electrons. The molecule has 0 aliphatic heterocycles. The molecule has 2 aromatic carbocycles. The molecule has 3 aromatic rings. The van der Waals surface area contributed by atoms with Gasteiger partial charge in [-0.1, -0.05) is 36.4 Å². The van der Waals surface area contributed by atoms with Gasteiger partial charge in [-0.05, 0) is 29.7 Å². The van der Waals surface area contributed by atoms with Gasteiger partial charge in [-0.15, -0.1) is 0 Å². The van der Waals surface area contributed by atoms with E-state index in [0.29, 0.717) is 6.54 Å². The Hall–Kier alpha value is -3.35. The molecule has 140 valence electrons. The molecule has 0 amide bonds. The van der Waals surface area contributed by atoms with Crippen LogP contribution in [0, 0.1) is 0 Å².